The number of anilines is 1. The fourth-order valence-electron chi connectivity index (χ4n) is 0.914. The number of esters is 1. The third kappa shape index (κ3) is 3.88. The van der Waals surface area contributed by atoms with Gasteiger partial charge in [0.1, 0.15) is 18.4 Å². The average molecular weight is 266 g/mol. The Morgan fingerprint density at radius 1 is 1.78 bits per heavy atom. The number of nitrogen functional groups attached to an aromatic ring is 1. The summed E-state index contributed by atoms with van der Waals surface area (Å²) >= 11 is 1.15. The maximum absolute atomic E-state index is 11.7. The molecule has 0 atom stereocenters. The molecule has 0 unspecified atom stereocenters. The van der Waals surface area contributed by atoms with Crippen molar-refractivity contribution in [3.63, 3.8) is 0 Å². The van der Waals surface area contributed by atoms with Gasteiger partial charge in [-0.1, -0.05) is 17.8 Å². The molecule has 1 rings (SSSR count). The number of hydrogen-bond acceptors (Lipinski definition) is 8. The van der Waals surface area contributed by atoms with Crippen LogP contribution in [0.25, 0.3) is 0 Å². The Balaban J connectivity index is 2.88. The largest absolute Gasteiger partial charge is 0.457 e. The molecule has 1 heterocycles. The number of rotatable bonds is 6. The van der Waals surface area contributed by atoms with Crippen molar-refractivity contribution in [2.24, 2.45) is 5.16 Å². The first kappa shape index (κ1) is 13.7. The second-order valence-electron chi connectivity index (χ2n) is 2.83. The van der Waals surface area contributed by atoms with Crippen LogP contribution < -0.4 is 5.73 Å². The predicted octanol–water partition coefficient (Wildman–Crippen LogP) is 0.699. The van der Waals surface area contributed by atoms with Crippen molar-refractivity contribution in [2.45, 2.75) is 0 Å². The second kappa shape index (κ2) is 7.03. The smallest absolute Gasteiger partial charge is 0.363 e. The van der Waals surface area contributed by atoms with Crippen molar-refractivity contribution in [3.8, 4) is 6.07 Å². The Labute approximate surface area is 107 Å². The molecule has 0 saturated heterocycles. The van der Waals surface area contributed by atoms with E-state index in [1.54, 1.807) is 11.4 Å². The van der Waals surface area contributed by atoms with Crippen LogP contribution in [0.1, 0.15) is 5.69 Å². The fraction of sp³-hybridized carbons (Fsp3) is 0.200. The third-order valence-corrected chi connectivity index (χ3v) is 2.25. The first-order valence-electron chi connectivity index (χ1n) is 4.75. The summed E-state index contributed by atoms with van der Waals surface area (Å²) < 4.78 is 4.82. The Hall–Kier alpha value is -2.40. The highest BCUT2D eigenvalue weighted by Gasteiger charge is 2.19. The lowest BCUT2D eigenvalue weighted by atomic mass is 10.3. The number of hydrogen-bond donors (Lipinski definition) is 1. The van der Waals surface area contributed by atoms with Crippen LogP contribution in [-0.4, -0.2) is 29.9 Å². The molecule has 2 N–H and O–H groups in total. The van der Waals surface area contributed by atoms with Gasteiger partial charge in [0, 0.05) is 5.38 Å². The highest BCUT2D eigenvalue weighted by Crippen LogP contribution is 2.13. The molecular formula is C10H10N4O3S. The molecule has 0 aliphatic heterocycles. The Kier molecular flexibility index (Phi) is 5.34. The average Bonchev–Trinajstić information content (AvgIpc) is 2.78. The molecule has 8 heteroatoms. The van der Waals surface area contributed by atoms with Gasteiger partial charge in [0.15, 0.2) is 5.13 Å². The van der Waals surface area contributed by atoms with E-state index in [9.17, 15) is 4.79 Å². The third-order valence-electron chi connectivity index (χ3n) is 1.58. The van der Waals surface area contributed by atoms with Crippen LogP contribution in [0.2, 0.25) is 0 Å². The number of nitrogens with two attached hydrogens (primary N) is 1. The highest BCUT2D eigenvalue weighted by atomic mass is 32.1. The van der Waals surface area contributed by atoms with E-state index < -0.39 is 5.97 Å². The summed E-state index contributed by atoms with van der Waals surface area (Å²) in [4.78, 5) is 20.2. The predicted molar refractivity (Wildman–Crippen MR) is 65.8 cm³/mol. The molecule has 94 valence electrons. The normalized spacial score (nSPS) is 10.5. The van der Waals surface area contributed by atoms with Crippen LogP contribution in [0.5, 0.6) is 0 Å². The Morgan fingerprint density at radius 3 is 3.11 bits per heavy atom. The highest BCUT2D eigenvalue weighted by molar-refractivity contribution is 7.13. The quantitative estimate of drug-likeness (QED) is 0.267. The van der Waals surface area contributed by atoms with E-state index >= 15 is 0 Å². The molecule has 0 aliphatic carbocycles. The van der Waals surface area contributed by atoms with Gasteiger partial charge in [0.25, 0.3) is 0 Å². The summed E-state index contributed by atoms with van der Waals surface area (Å²) in [6, 6.07) is 1.72. The Morgan fingerprint density at radius 2 is 2.56 bits per heavy atom. The van der Waals surface area contributed by atoms with Crippen LogP contribution in [0.4, 0.5) is 5.13 Å². The van der Waals surface area contributed by atoms with Gasteiger partial charge in [-0.15, -0.1) is 11.3 Å². The minimum atomic E-state index is -0.724. The molecule has 0 spiro atoms. The van der Waals surface area contributed by atoms with E-state index in [0.717, 1.165) is 11.3 Å². The number of ether oxygens (including phenoxy) is 1. The van der Waals surface area contributed by atoms with Crippen LogP contribution in [-0.2, 0) is 14.4 Å². The number of carbonyl (C=O) groups is 1. The lowest BCUT2D eigenvalue weighted by molar-refractivity contribution is -0.134. The molecule has 1 aromatic rings. The monoisotopic (exact) mass is 266 g/mol. The maximum Gasteiger partial charge on any atom is 0.363 e. The van der Waals surface area contributed by atoms with E-state index in [1.807, 2.05) is 0 Å². The molecule has 0 aliphatic rings. The van der Waals surface area contributed by atoms with E-state index in [4.69, 9.17) is 15.7 Å². The number of thiazole rings is 1. The van der Waals surface area contributed by atoms with Gasteiger partial charge in [-0.3, -0.25) is 0 Å². The van der Waals surface area contributed by atoms with E-state index in [-0.39, 0.29) is 29.8 Å². The van der Waals surface area contributed by atoms with Gasteiger partial charge in [-0.25, -0.2) is 9.78 Å². The van der Waals surface area contributed by atoms with Crippen molar-refractivity contribution in [1.29, 1.82) is 5.26 Å². The molecule has 0 aromatic carbocycles. The number of nitrogens with zero attached hydrogens (tertiary/aromatic N) is 3. The van der Waals surface area contributed by atoms with Gasteiger partial charge in [-0.2, -0.15) is 5.26 Å². The fourth-order valence-corrected chi connectivity index (χ4v) is 1.46. The SMILES string of the molecule is C=CCOC(=O)C(=NOCC#N)c1csc(N)n1. The minimum absolute atomic E-state index is 0.0374. The summed E-state index contributed by atoms with van der Waals surface area (Å²) in [5.41, 5.74) is 5.56. The van der Waals surface area contributed by atoms with Gasteiger partial charge in [0.2, 0.25) is 12.3 Å². The van der Waals surface area contributed by atoms with Crippen LogP contribution >= 0.6 is 11.3 Å². The molecular weight excluding hydrogens is 256 g/mol. The summed E-state index contributed by atoms with van der Waals surface area (Å²) in [7, 11) is 0. The molecule has 0 amide bonds. The van der Waals surface area contributed by atoms with Gasteiger partial charge < -0.3 is 15.3 Å². The molecule has 7 nitrogen and oxygen atoms in total. The summed E-state index contributed by atoms with van der Waals surface area (Å²) in [5.74, 6) is -0.724. The lowest BCUT2D eigenvalue weighted by Gasteiger charge is -2.02. The van der Waals surface area contributed by atoms with E-state index in [2.05, 4.69) is 21.6 Å². The topological polar surface area (TPSA) is 111 Å². The molecule has 1 aromatic heterocycles. The minimum Gasteiger partial charge on any atom is -0.457 e. The summed E-state index contributed by atoms with van der Waals surface area (Å²) in [6.07, 6.45) is 1.42. The molecule has 0 bridgehead atoms. The zero-order valence-electron chi connectivity index (χ0n) is 9.33. The van der Waals surface area contributed by atoms with Gasteiger partial charge in [-0.05, 0) is 0 Å². The number of carbonyl (C=O) groups excluding carboxylic acids is 1. The van der Waals surface area contributed by atoms with Crippen molar-refractivity contribution in [2.75, 3.05) is 18.9 Å². The number of aromatic nitrogens is 1. The van der Waals surface area contributed by atoms with Crippen LogP contribution in [0, 0.1) is 11.3 Å². The van der Waals surface area contributed by atoms with E-state index in [0.29, 0.717) is 0 Å². The van der Waals surface area contributed by atoms with Crippen LogP contribution in [0.3, 0.4) is 0 Å². The molecule has 0 saturated carbocycles. The lowest BCUT2D eigenvalue weighted by Crippen LogP contribution is -2.20. The summed E-state index contributed by atoms with van der Waals surface area (Å²) in [6.45, 7) is 3.18. The number of nitriles is 1. The zero-order chi connectivity index (χ0) is 13.4. The van der Waals surface area contributed by atoms with Gasteiger partial charge in [0.05, 0.1) is 0 Å². The molecule has 0 fully saturated rings. The zero-order valence-corrected chi connectivity index (χ0v) is 10.1. The van der Waals surface area contributed by atoms with E-state index in [1.165, 1.54) is 6.08 Å². The molecule has 0 radical (unpaired) electrons. The Bertz CT molecular complexity index is 503. The standard InChI is InChI=1S/C10H10N4O3S/c1-2-4-16-9(15)8(14-17-5-3-11)7-6-18-10(12)13-7/h2,6H,1,4-5H2,(H2,12,13). The number of oxime groups is 1. The van der Waals surface area contributed by atoms with Crippen molar-refractivity contribution < 1.29 is 14.4 Å². The van der Waals surface area contributed by atoms with Crippen molar-refractivity contribution in [1.82, 2.24) is 4.98 Å². The van der Waals surface area contributed by atoms with Crippen LogP contribution in [0.15, 0.2) is 23.2 Å². The van der Waals surface area contributed by atoms with Crippen molar-refractivity contribution in [3.05, 3.63) is 23.7 Å². The maximum atomic E-state index is 11.7. The first-order valence-corrected chi connectivity index (χ1v) is 5.63. The van der Waals surface area contributed by atoms with Gasteiger partial charge >= 0.3 is 5.97 Å². The summed E-state index contributed by atoms with van der Waals surface area (Å²) in [5, 5.41) is 13.7. The second-order valence-corrected chi connectivity index (χ2v) is 3.72. The first-order chi connectivity index (χ1) is 8.69. The van der Waals surface area contributed by atoms with Crippen molar-refractivity contribution >= 4 is 28.1 Å². The molecule has 18 heavy (non-hydrogen) atoms.